The number of nitrogens with one attached hydrogen (secondary N) is 1. The molecule has 5 nitrogen and oxygen atoms in total. The second kappa shape index (κ2) is 7.62. The Morgan fingerprint density at radius 2 is 1.92 bits per heavy atom. The standard InChI is InChI=1S/C20H20ClN3O2/c1-13-19(14(2)24(3)23-13)22-20(25)16-9-7-15(8-10-16)12-26-18-6-4-5-17(21)11-18/h4-11H,12H2,1-3H3,(H,22,25). The van der Waals surface area contributed by atoms with E-state index in [0.29, 0.717) is 22.9 Å². The molecule has 0 unspecified atom stereocenters. The zero-order chi connectivity index (χ0) is 18.7. The summed E-state index contributed by atoms with van der Waals surface area (Å²) in [6, 6.07) is 14.6. The van der Waals surface area contributed by atoms with Crippen molar-refractivity contribution < 1.29 is 9.53 Å². The van der Waals surface area contributed by atoms with E-state index in [-0.39, 0.29) is 5.91 Å². The Morgan fingerprint density at radius 3 is 2.54 bits per heavy atom. The van der Waals surface area contributed by atoms with Crippen LogP contribution in [0.4, 0.5) is 5.69 Å². The molecule has 0 bridgehead atoms. The molecule has 3 rings (SSSR count). The molecule has 2 aromatic carbocycles. The van der Waals surface area contributed by atoms with E-state index in [9.17, 15) is 4.79 Å². The van der Waals surface area contributed by atoms with Crippen molar-refractivity contribution in [2.45, 2.75) is 20.5 Å². The van der Waals surface area contributed by atoms with Crippen molar-refractivity contribution in [2.75, 3.05) is 5.32 Å². The third-order valence-corrected chi connectivity index (χ3v) is 4.40. The average molecular weight is 370 g/mol. The maximum atomic E-state index is 12.5. The van der Waals surface area contributed by atoms with Gasteiger partial charge in [-0.3, -0.25) is 9.48 Å². The molecule has 3 aromatic rings. The zero-order valence-electron chi connectivity index (χ0n) is 14.9. The van der Waals surface area contributed by atoms with Crippen molar-refractivity contribution in [1.29, 1.82) is 0 Å². The third kappa shape index (κ3) is 4.06. The highest BCUT2D eigenvalue weighted by atomic mass is 35.5. The van der Waals surface area contributed by atoms with Crippen LogP contribution in [0.1, 0.15) is 27.3 Å². The number of hydrogen-bond acceptors (Lipinski definition) is 3. The number of carbonyl (C=O) groups excluding carboxylic acids is 1. The van der Waals surface area contributed by atoms with E-state index in [1.54, 1.807) is 28.9 Å². The molecule has 1 heterocycles. The summed E-state index contributed by atoms with van der Waals surface area (Å²) in [5, 5.41) is 7.87. The Bertz CT molecular complexity index is 933. The van der Waals surface area contributed by atoms with Crippen molar-refractivity contribution >= 4 is 23.2 Å². The number of aromatic nitrogens is 2. The Hall–Kier alpha value is -2.79. The summed E-state index contributed by atoms with van der Waals surface area (Å²) in [6.45, 7) is 4.20. The predicted octanol–water partition coefficient (Wildman–Crippen LogP) is 4.52. The van der Waals surface area contributed by atoms with Crippen molar-refractivity contribution in [1.82, 2.24) is 9.78 Å². The lowest BCUT2D eigenvalue weighted by molar-refractivity contribution is 0.102. The highest BCUT2D eigenvalue weighted by molar-refractivity contribution is 6.30. The molecule has 0 aliphatic heterocycles. The van der Waals surface area contributed by atoms with Crippen LogP contribution in [-0.2, 0) is 13.7 Å². The van der Waals surface area contributed by atoms with E-state index >= 15 is 0 Å². The minimum absolute atomic E-state index is 0.161. The fourth-order valence-electron chi connectivity index (χ4n) is 2.62. The number of amides is 1. The molecule has 0 saturated heterocycles. The van der Waals surface area contributed by atoms with Crippen LogP contribution in [0.2, 0.25) is 5.02 Å². The van der Waals surface area contributed by atoms with Gasteiger partial charge in [-0.1, -0.05) is 29.8 Å². The zero-order valence-corrected chi connectivity index (χ0v) is 15.7. The molecule has 0 saturated carbocycles. The van der Waals surface area contributed by atoms with E-state index in [0.717, 1.165) is 22.6 Å². The molecule has 1 N–H and O–H groups in total. The van der Waals surface area contributed by atoms with Gasteiger partial charge < -0.3 is 10.1 Å². The number of carbonyl (C=O) groups is 1. The van der Waals surface area contributed by atoms with Crippen LogP contribution in [0.5, 0.6) is 5.75 Å². The SMILES string of the molecule is Cc1nn(C)c(C)c1NC(=O)c1ccc(COc2cccc(Cl)c2)cc1. The molecule has 134 valence electrons. The van der Waals surface area contributed by atoms with Gasteiger partial charge in [0.05, 0.1) is 17.1 Å². The molecule has 1 aromatic heterocycles. The van der Waals surface area contributed by atoms with Gasteiger partial charge in [0.25, 0.3) is 5.91 Å². The van der Waals surface area contributed by atoms with Gasteiger partial charge in [-0.15, -0.1) is 0 Å². The molecule has 0 spiro atoms. The van der Waals surface area contributed by atoms with Crippen molar-refractivity contribution in [2.24, 2.45) is 7.05 Å². The number of halogens is 1. The first-order valence-corrected chi connectivity index (χ1v) is 8.60. The summed E-state index contributed by atoms with van der Waals surface area (Å²) in [6.07, 6.45) is 0. The van der Waals surface area contributed by atoms with Gasteiger partial charge in [-0.25, -0.2) is 0 Å². The predicted molar refractivity (Wildman–Crippen MR) is 103 cm³/mol. The van der Waals surface area contributed by atoms with Crippen LogP contribution in [0, 0.1) is 13.8 Å². The van der Waals surface area contributed by atoms with Crippen molar-refractivity contribution in [3.8, 4) is 5.75 Å². The third-order valence-electron chi connectivity index (χ3n) is 4.17. The quantitative estimate of drug-likeness (QED) is 0.719. The summed E-state index contributed by atoms with van der Waals surface area (Å²) in [5.41, 5.74) is 4.02. The van der Waals surface area contributed by atoms with Crippen molar-refractivity contribution in [3.63, 3.8) is 0 Å². The molecular formula is C20H20ClN3O2. The largest absolute Gasteiger partial charge is 0.489 e. The normalized spacial score (nSPS) is 10.6. The van der Waals surface area contributed by atoms with Crippen LogP contribution in [0.25, 0.3) is 0 Å². The molecule has 0 aliphatic carbocycles. The Balaban J connectivity index is 1.64. The minimum Gasteiger partial charge on any atom is -0.489 e. The molecule has 0 fully saturated rings. The highest BCUT2D eigenvalue weighted by Gasteiger charge is 2.13. The lowest BCUT2D eigenvalue weighted by Crippen LogP contribution is -2.13. The fourth-order valence-corrected chi connectivity index (χ4v) is 2.80. The summed E-state index contributed by atoms with van der Waals surface area (Å²) < 4.78 is 7.46. The topological polar surface area (TPSA) is 56.2 Å². The Labute approximate surface area is 157 Å². The van der Waals surface area contributed by atoms with E-state index in [4.69, 9.17) is 16.3 Å². The first-order chi connectivity index (χ1) is 12.4. The van der Waals surface area contributed by atoms with Gasteiger partial charge >= 0.3 is 0 Å². The molecule has 26 heavy (non-hydrogen) atoms. The first kappa shape index (κ1) is 18.0. The second-order valence-electron chi connectivity index (χ2n) is 6.07. The lowest BCUT2D eigenvalue weighted by atomic mass is 10.1. The van der Waals surface area contributed by atoms with Crippen molar-refractivity contribution in [3.05, 3.63) is 76.1 Å². The molecular weight excluding hydrogens is 350 g/mol. The number of benzene rings is 2. The van der Waals surface area contributed by atoms with Crippen LogP contribution < -0.4 is 10.1 Å². The van der Waals surface area contributed by atoms with Gasteiger partial charge in [0, 0.05) is 17.6 Å². The Kier molecular flexibility index (Phi) is 5.28. The smallest absolute Gasteiger partial charge is 0.255 e. The molecule has 6 heteroatoms. The number of hydrogen-bond donors (Lipinski definition) is 1. The number of anilines is 1. The molecule has 0 atom stereocenters. The highest BCUT2D eigenvalue weighted by Crippen LogP contribution is 2.20. The lowest BCUT2D eigenvalue weighted by Gasteiger charge is -2.08. The number of nitrogens with zero attached hydrogens (tertiary/aromatic N) is 2. The second-order valence-corrected chi connectivity index (χ2v) is 6.50. The number of ether oxygens (including phenoxy) is 1. The molecule has 0 aliphatic rings. The summed E-state index contributed by atoms with van der Waals surface area (Å²) >= 11 is 5.94. The first-order valence-electron chi connectivity index (χ1n) is 8.23. The van der Waals surface area contributed by atoms with Gasteiger partial charge in [0.15, 0.2) is 0 Å². The monoisotopic (exact) mass is 369 g/mol. The number of rotatable bonds is 5. The number of aryl methyl sites for hydroxylation is 2. The van der Waals surface area contributed by atoms with Gasteiger partial charge in [0.1, 0.15) is 12.4 Å². The summed E-state index contributed by atoms with van der Waals surface area (Å²) in [4.78, 5) is 12.5. The van der Waals surface area contributed by atoms with E-state index in [1.807, 2.05) is 45.2 Å². The maximum absolute atomic E-state index is 12.5. The summed E-state index contributed by atoms with van der Waals surface area (Å²) in [7, 11) is 1.85. The van der Waals surface area contributed by atoms with E-state index in [2.05, 4.69) is 10.4 Å². The minimum atomic E-state index is -0.161. The van der Waals surface area contributed by atoms with Crippen LogP contribution in [-0.4, -0.2) is 15.7 Å². The van der Waals surface area contributed by atoms with E-state index < -0.39 is 0 Å². The van der Waals surface area contributed by atoms with E-state index in [1.165, 1.54) is 0 Å². The average Bonchev–Trinajstić information content (AvgIpc) is 2.86. The van der Waals surface area contributed by atoms with Crippen LogP contribution in [0.15, 0.2) is 48.5 Å². The van der Waals surface area contributed by atoms with Gasteiger partial charge in [-0.2, -0.15) is 5.10 Å². The van der Waals surface area contributed by atoms with Gasteiger partial charge in [-0.05, 0) is 49.7 Å². The fraction of sp³-hybridized carbons (Fsp3) is 0.200. The Morgan fingerprint density at radius 1 is 1.19 bits per heavy atom. The maximum Gasteiger partial charge on any atom is 0.255 e. The van der Waals surface area contributed by atoms with Gasteiger partial charge in [0.2, 0.25) is 0 Å². The van der Waals surface area contributed by atoms with Crippen LogP contribution in [0.3, 0.4) is 0 Å². The molecule has 1 amide bonds. The molecule has 0 radical (unpaired) electrons. The summed E-state index contributed by atoms with van der Waals surface area (Å²) in [5.74, 6) is 0.549. The van der Waals surface area contributed by atoms with Crippen LogP contribution >= 0.6 is 11.6 Å².